The summed E-state index contributed by atoms with van der Waals surface area (Å²) in [4.78, 5) is 11.3. The minimum absolute atomic E-state index is 0.161. The van der Waals surface area contributed by atoms with Crippen molar-refractivity contribution in [3.8, 4) is 0 Å². The van der Waals surface area contributed by atoms with Gasteiger partial charge in [-0.2, -0.15) is 0 Å². The number of hydrogen-bond donors (Lipinski definition) is 1. The number of rotatable bonds is 4. The van der Waals surface area contributed by atoms with E-state index in [0.717, 1.165) is 19.6 Å². The molecular weight excluding hydrogens is 142 g/mol. The van der Waals surface area contributed by atoms with E-state index in [2.05, 4.69) is 5.32 Å². The van der Waals surface area contributed by atoms with Crippen LogP contribution in [0.4, 0.5) is 0 Å². The van der Waals surface area contributed by atoms with E-state index in [9.17, 15) is 4.79 Å². The van der Waals surface area contributed by atoms with Gasteiger partial charge < -0.3 is 10.1 Å². The van der Waals surface area contributed by atoms with Gasteiger partial charge in [-0.3, -0.25) is 4.79 Å². The quantitative estimate of drug-likeness (QED) is 0.633. The van der Waals surface area contributed by atoms with Crippen LogP contribution >= 0.6 is 0 Å². The Balaban J connectivity index is 2.17. The second-order valence-electron chi connectivity index (χ2n) is 2.81. The number of ether oxygens (including phenoxy) is 1. The lowest BCUT2D eigenvalue weighted by Crippen LogP contribution is -2.28. The van der Waals surface area contributed by atoms with Crippen LogP contribution in [0.3, 0.4) is 0 Å². The third-order valence-electron chi connectivity index (χ3n) is 1.93. The first-order valence-corrected chi connectivity index (χ1v) is 4.15. The lowest BCUT2D eigenvalue weighted by Gasteiger charge is -2.05. The molecule has 0 spiro atoms. The molecule has 0 aromatic heterocycles. The van der Waals surface area contributed by atoms with Gasteiger partial charge in [-0.05, 0) is 13.0 Å². The summed E-state index contributed by atoms with van der Waals surface area (Å²) in [5.41, 5.74) is 0. The molecule has 1 N–H and O–H groups in total. The van der Waals surface area contributed by atoms with E-state index < -0.39 is 0 Å². The molecule has 0 radical (unpaired) electrons. The summed E-state index contributed by atoms with van der Waals surface area (Å²) >= 11 is 0. The molecule has 1 saturated heterocycles. The average molecular weight is 157 g/mol. The zero-order valence-electron chi connectivity index (χ0n) is 6.93. The summed E-state index contributed by atoms with van der Waals surface area (Å²) in [6.07, 6.45) is 0.907. The number of Topliss-reactive ketones (excluding diaryl/α,β-unsaturated/α-hetero) is 1. The Kier molecular flexibility index (Phi) is 3.52. The highest BCUT2D eigenvalue weighted by Crippen LogP contribution is 2.12. The predicted molar refractivity (Wildman–Crippen MR) is 42.5 cm³/mol. The Morgan fingerprint density at radius 1 is 1.73 bits per heavy atom. The molecule has 11 heavy (non-hydrogen) atoms. The summed E-state index contributed by atoms with van der Waals surface area (Å²) in [5, 5.41) is 3.02. The largest absolute Gasteiger partial charge is 0.381 e. The van der Waals surface area contributed by atoms with Gasteiger partial charge in [0.2, 0.25) is 0 Å². The van der Waals surface area contributed by atoms with Gasteiger partial charge in [-0.1, -0.05) is 6.92 Å². The van der Waals surface area contributed by atoms with Gasteiger partial charge in [0.15, 0.2) is 5.78 Å². The maximum absolute atomic E-state index is 11.3. The zero-order chi connectivity index (χ0) is 8.10. The standard InChI is InChI=1S/C8H15NO2/c1-2-9-5-8(10)7-3-4-11-6-7/h7,9H,2-6H2,1H3. The van der Waals surface area contributed by atoms with Crippen molar-refractivity contribution < 1.29 is 9.53 Å². The van der Waals surface area contributed by atoms with E-state index in [0.29, 0.717) is 18.9 Å². The van der Waals surface area contributed by atoms with E-state index in [-0.39, 0.29) is 5.92 Å². The summed E-state index contributed by atoms with van der Waals surface area (Å²) in [6.45, 7) is 4.75. The van der Waals surface area contributed by atoms with Crippen molar-refractivity contribution in [2.75, 3.05) is 26.3 Å². The normalized spacial score (nSPS) is 23.9. The van der Waals surface area contributed by atoms with Crippen molar-refractivity contribution in [1.29, 1.82) is 0 Å². The molecule has 1 atom stereocenters. The maximum atomic E-state index is 11.3. The van der Waals surface area contributed by atoms with Gasteiger partial charge in [-0.25, -0.2) is 0 Å². The van der Waals surface area contributed by atoms with E-state index in [1.807, 2.05) is 6.92 Å². The number of carbonyl (C=O) groups excluding carboxylic acids is 1. The molecule has 1 aliphatic rings. The van der Waals surface area contributed by atoms with E-state index in [1.165, 1.54) is 0 Å². The zero-order valence-corrected chi connectivity index (χ0v) is 6.93. The summed E-state index contributed by atoms with van der Waals surface area (Å²) in [5.74, 6) is 0.457. The summed E-state index contributed by atoms with van der Waals surface area (Å²) in [7, 11) is 0. The molecule has 0 bridgehead atoms. The summed E-state index contributed by atoms with van der Waals surface area (Å²) in [6, 6.07) is 0. The van der Waals surface area contributed by atoms with Gasteiger partial charge in [0.1, 0.15) is 0 Å². The second-order valence-corrected chi connectivity index (χ2v) is 2.81. The fourth-order valence-electron chi connectivity index (χ4n) is 1.18. The first kappa shape index (κ1) is 8.68. The molecule has 1 unspecified atom stereocenters. The fraction of sp³-hybridized carbons (Fsp3) is 0.875. The Bertz CT molecular complexity index is 130. The van der Waals surface area contributed by atoms with Gasteiger partial charge in [0, 0.05) is 12.5 Å². The van der Waals surface area contributed by atoms with Crippen LogP contribution < -0.4 is 5.32 Å². The highest BCUT2D eigenvalue weighted by atomic mass is 16.5. The Hall–Kier alpha value is -0.410. The molecule has 1 fully saturated rings. The van der Waals surface area contributed by atoms with E-state index in [1.54, 1.807) is 0 Å². The molecule has 1 aliphatic heterocycles. The van der Waals surface area contributed by atoms with Crippen molar-refractivity contribution in [1.82, 2.24) is 5.32 Å². The van der Waals surface area contributed by atoms with Crippen LogP contribution in [0.15, 0.2) is 0 Å². The van der Waals surface area contributed by atoms with Crippen LogP contribution in [0.1, 0.15) is 13.3 Å². The predicted octanol–water partition coefficient (Wildman–Crippen LogP) is 0.201. The van der Waals surface area contributed by atoms with Crippen molar-refractivity contribution in [2.45, 2.75) is 13.3 Å². The van der Waals surface area contributed by atoms with E-state index >= 15 is 0 Å². The van der Waals surface area contributed by atoms with Crippen LogP contribution in [0.2, 0.25) is 0 Å². The van der Waals surface area contributed by atoms with Gasteiger partial charge >= 0.3 is 0 Å². The third kappa shape index (κ3) is 2.60. The molecule has 0 aromatic carbocycles. The number of likely N-dealkylation sites (N-methyl/N-ethyl adjacent to an activating group) is 1. The molecule has 0 aliphatic carbocycles. The van der Waals surface area contributed by atoms with Crippen LogP contribution in [0.25, 0.3) is 0 Å². The lowest BCUT2D eigenvalue weighted by molar-refractivity contribution is -0.121. The first-order valence-electron chi connectivity index (χ1n) is 4.15. The van der Waals surface area contributed by atoms with Crippen molar-refractivity contribution in [3.05, 3.63) is 0 Å². The minimum Gasteiger partial charge on any atom is -0.381 e. The Labute approximate surface area is 67.1 Å². The average Bonchev–Trinajstić information content (AvgIpc) is 2.52. The Morgan fingerprint density at radius 3 is 3.09 bits per heavy atom. The van der Waals surface area contributed by atoms with E-state index in [4.69, 9.17) is 4.74 Å². The lowest BCUT2D eigenvalue weighted by atomic mass is 10.0. The van der Waals surface area contributed by atoms with Crippen LogP contribution in [-0.4, -0.2) is 32.1 Å². The monoisotopic (exact) mass is 157 g/mol. The second kappa shape index (κ2) is 4.46. The topological polar surface area (TPSA) is 38.3 Å². The van der Waals surface area contributed by atoms with Gasteiger partial charge in [0.05, 0.1) is 13.2 Å². The molecule has 0 saturated carbocycles. The molecule has 3 heteroatoms. The number of hydrogen-bond acceptors (Lipinski definition) is 3. The number of nitrogens with one attached hydrogen (secondary N) is 1. The number of carbonyl (C=O) groups is 1. The third-order valence-corrected chi connectivity index (χ3v) is 1.93. The fourth-order valence-corrected chi connectivity index (χ4v) is 1.18. The van der Waals surface area contributed by atoms with Crippen molar-refractivity contribution in [3.63, 3.8) is 0 Å². The molecule has 0 aromatic rings. The first-order chi connectivity index (χ1) is 5.34. The molecule has 64 valence electrons. The van der Waals surface area contributed by atoms with Crippen molar-refractivity contribution >= 4 is 5.78 Å². The van der Waals surface area contributed by atoms with Crippen molar-refractivity contribution in [2.24, 2.45) is 5.92 Å². The Morgan fingerprint density at radius 2 is 2.55 bits per heavy atom. The SMILES string of the molecule is CCNCC(=O)C1CCOC1. The highest BCUT2D eigenvalue weighted by Gasteiger charge is 2.22. The smallest absolute Gasteiger partial charge is 0.152 e. The summed E-state index contributed by atoms with van der Waals surface area (Å²) < 4.78 is 5.11. The molecule has 1 heterocycles. The molecule has 3 nitrogen and oxygen atoms in total. The highest BCUT2D eigenvalue weighted by molar-refractivity contribution is 5.83. The molecule has 0 amide bonds. The molecule has 1 rings (SSSR count). The van der Waals surface area contributed by atoms with Gasteiger partial charge in [-0.15, -0.1) is 0 Å². The van der Waals surface area contributed by atoms with Crippen LogP contribution in [0.5, 0.6) is 0 Å². The van der Waals surface area contributed by atoms with Crippen LogP contribution in [0, 0.1) is 5.92 Å². The maximum Gasteiger partial charge on any atom is 0.152 e. The molecular formula is C8H15NO2. The number of ketones is 1. The minimum atomic E-state index is 0.161. The van der Waals surface area contributed by atoms with Crippen LogP contribution in [-0.2, 0) is 9.53 Å². The van der Waals surface area contributed by atoms with Gasteiger partial charge in [0.25, 0.3) is 0 Å².